The van der Waals surface area contributed by atoms with Crippen LogP contribution in [-0.4, -0.2) is 48.7 Å². The van der Waals surface area contributed by atoms with Gasteiger partial charge in [0.1, 0.15) is 0 Å². The van der Waals surface area contributed by atoms with Crippen molar-refractivity contribution < 1.29 is 9.84 Å². The first-order valence-corrected chi connectivity index (χ1v) is 12.7. The Bertz CT molecular complexity index is 1470. The van der Waals surface area contributed by atoms with Gasteiger partial charge in [0, 0.05) is 31.1 Å². The maximum atomic E-state index is 13.5. The van der Waals surface area contributed by atoms with E-state index in [9.17, 15) is 9.90 Å². The van der Waals surface area contributed by atoms with Crippen molar-refractivity contribution in [3.8, 4) is 11.3 Å². The lowest BCUT2D eigenvalue weighted by atomic mass is 9.95. The molecule has 1 aliphatic heterocycles. The molecule has 3 aromatic heterocycles. The normalized spacial score (nSPS) is 20.2. The van der Waals surface area contributed by atoms with Gasteiger partial charge in [0.2, 0.25) is 0 Å². The monoisotopic (exact) mass is 485 g/mol. The summed E-state index contributed by atoms with van der Waals surface area (Å²) in [6, 6.07) is 5.78. The standard InChI is InChI=1S/C28H31N5O3/c1-17-18(2)27-23(28(35)33(16-30-27)25-7-8-36-15-26(25)34)10-21(17)9-20-5-6-24(29-11-20)22-12-31-32(14-22)13-19-3-4-19/h5-6,10-12,14,16,19,25-26,34H,3-4,7-9,13,15H2,1-2H3/t25-,26-/m0/s1. The number of benzene rings is 1. The molecule has 1 saturated carbocycles. The zero-order valence-corrected chi connectivity index (χ0v) is 20.7. The van der Waals surface area contributed by atoms with Gasteiger partial charge in [-0.2, -0.15) is 5.10 Å². The third-order valence-electron chi connectivity index (χ3n) is 7.69. The minimum Gasteiger partial charge on any atom is -0.389 e. The van der Waals surface area contributed by atoms with Gasteiger partial charge in [-0.05, 0) is 79.8 Å². The van der Waals surface area contributed by atoms with Gasteiger partial charge in [0.05, 0.1) is 47.9 Å². The highest BCUT2D eigenvalue weighted by atomic mass is 16.5. The van der Waals surface area contributed by atoms with Crippen LogP contribution in [-0.2, 0) is 17.7 Å². The van der Waals surface area contributed by atoms with E-state index in [1.807, 2.05) is 36.1 Å². The first-order chi connectivity index (χ1) is 17.5. The average Bonchev–Trinajstić information content (AvgIpc) is 3.58. The first kappa shape index (κ1) is 23.1. The highest BCUT2D eigenvalue weighted by Crippen LogP contribution is 2.31. The van der Waals surface area contributed by atoms with E-state index in [1.54, 1.807) is 10.9 Å². The smallest absolute Gasteiger partial charge is 0.261 e. The lowest BCUT2D eigenvalue weighted by molar-refractivity contribution is -0.0395. The molecular formula is C28H31N5O3. The molecular weight excluding hydrogens is 454 g/mol. The zero-order valence-electron chi connectivity index (χ0n) is 20.7. The number of hydrogen-bond acceptors (Lipinski definition) is 6. The van der Waals surface area contributed by atoms with Crippen LogP contribution < -0.4 is 5.56 Å². The quantitative estimate of drug-likeness (QED) is 0.449. The summed E-state index contributed by atoms with van der Waals surface area (Å²) in [4.78, 5) is 22.8. The number of hydrogen-bond donors (Lipinski definition) is 1. The molecule has 6 rings (SSSR count). The Morgan fingerprint density at radius 1 is 1.11 bits per heavy atom. The lowest BCUT2D eigenvalue weighted by Gasteiger charge is -2.29. The summed E-state index contributed by atoms with van der Waals surface area (Å²) in [5.41, 5.74) is 6.83. The van der Waals surface area contributed by atoms with Gasteiger partial charge in [-0.3, -0.25) is 19.0 Å². The van der Waals surface area contributed by atoms with Gasteiger partial charge in [0.25, 0.3) is 5.56 Å². The number of aromatic nitrogens is 5. The Hall–Kier alpha value is -3.36. The third-order valence-corrected chi connectivity index (χ3v) is 7.69. The highest BCUT2D eigenvalue weighted by molar-refractivity contribution is 5.83. The topological polar surface area (TPSA) is 95.1 Å². The van der Waals surface area contributed by atoms with E-state index in [1.165, 1.54) is 12.8 Å². The van der Waals surface area contributed by atoms with Crippen LogP contribution >= 0.6 is 0 Å². The summed E-state index contributed by atoms with van der Waals surface area (Å²) in [7, 11) is 0. The van der Waals surface area contributed by atoms with Crippen molar-refractivity contribution in [1.82, 2.24) is 24.3 Å². The summed E-state index contributed by atoms with van der Waals surface area (Å²) >= 11 is 0. The molecule has 2 fully saturated rings. The molecule has 2 aliphatic rings. The van der Waals surface area contributed by atoms with Crippen molar-refractivity contribution in [2.75, 3.05) is 13.2 Å². The maximum Gasteiger partial charge on any atom is 0.261 e. The largest absolute Gasteiger partial charge is 0.389 e. The average molecular weight is 486 g/mol. The van der Waals surface area contributed by atoms with E-state index in [0.717, 1.165) is 51.5 Å². The van der Waals surface area contributed by atoms with Crippen molar-refractivity contribution in [3.63, 3.8) is 0 Å². The molecule has 36 heavy (non-hydrogen) atoms. The van der Waals surface area contributed by atoms with Crippen LogP contribution in [0.2, 0.25) is 0 Å². The molecule has 8 nitrogen and oxygen atoms in total. The number of nitrogens with zero attached hydrogens (tertiary/aromatic N) is 5. The Morgan fingerprint density at radius 3 is 2.72 bits per heavy atom. The summed E-state index contributed by atoms with van der Waals surface area (Å²) < 4.78 is 8.94. The van der Waals surface area contributed by atoms with Crippen LogP contribution in [0.15, 0.2) is 47.9 Å². The van der Waals surface area contributed by atoms with Crippen LogP contribution in [0.1, 0.15) is 47.6 Å². The Morgan fingerprint density at radius 2 is 1.97 bits per heavy atom. The van der Waals surface area contributed by atoms with Crippen molar-refractivity contribution in [2.45, 2.75) is 58.2 Å². The van der Waals surface area contributed by atoms with Crippen LogP contribution in [0.4, 0.5) is 0 Å². The predicted octanol–water partition coefficient (Wildman–Crippen LogP) is 3.59. The molecule has 1 aliphatic carbocycles. The Balaban J connectivity index is 1.28. The van der Waals surface area contributed by atoms with Crippen LogP contribution in [0, 0.1) is 19.8 Å². The predicted molar refractivity (Wildman–Crippen MR) is 137 cm³/mol. The first-order valence-electron chi connectivity index (χ1n) is 12.7. The maximum absolute atomic E-state index is 13.5. The number of aliphatic hydroxyl groups excluding tert-OH is 1. The fourth-order valence-electron chi connectivity index (χ4n) is 5.15. The lowest BCUT2D eigenvalue weighted by Crippen LogP contribution is -2.39. The van der Waals surface area contributed by atoms with E-state index in [-0.39, 0.29) is 18.2 Å². The minimum atomic E-state index is -0.716. The molecule has 1 N–H and O–H groups in total. The molecule has 4 heterocycles. The minimum absolute atomic E-state index is 0.119. The van der Waals surface area contributed by atoms with Gasteiger partial charge < -0.3 is 9.84 Å². The zero-order chi connectivity index (χ0) is 24.8. The summed E-state index contributed by atoms with van der Waals surface area (Å²) in [6.07, 6.45) is 10.6. The van der Waals surface area contributed by atoms with E-state index in [2.05, 4.69) is 29.3 Å². The molecule has 186 valence electrons. The Kier molecular flexibility index (Phi) is 5.93. The van der Waals surface area contributed by atoms with Gasteiger partial charge in [-0.1, -0.05) is 6.07 Å². The van der Waals surface area contributed by atoms with Crippen molar-refractivity contribution in [1.29, 1.82) is 0 Å². The number of aryl methyl sites for hydroxylation is 1. The molecule has 1 aromatic carbocycles. The van der Waals surface area contributed by atoms with Gasteiger partial charge in [0.15, 0.2) is 0 Å². The Labute approximate surface area is 209 Å². The van der Waals surface area contributed by atoms with Crippen LogP contribution in [0.25, 0.3) is 22.2 Å². The molecule has 0 radical (unpaired) electrons. The van der Waals surface area contributed by atoms with E-state index < -0.39 is 6.10 Å². The molecule has 0 bridgehead atoms. The van der Waals surface area contributed by atoms with Crippen molar-refractivity contribution in [3.05, 3.63) is 75.7 Å². The second kappa shape index (κ2) is 9.26. The number of rotatable bonds is 6. The summed E-state index contributed by atoms with van der Waals surface area (Å²) in [5, 5.41) is 15.5. The molecule has 1 saturated heterocycles. The van der Waals surface area contributed by atoms with E-state index >= 15 is 0 Å². The number of aliphatic hydroxyl groups is 1. The molecule has 0 spiro atoms. The molecule has 0 amide bonds. The van der Waals surface area contributed by atoms with Crippen LogP contribution in [0.5, 0.6) is 0 Å². The second-order valence-corrected chi connectivity index (χ2v) is 10.3. The fraction of sp³-hybridized carbons (Fsp3) is 0.429. The number of pyridine rings is 1. The second-order valence-electron chi connectivity index (χ2n) is 10.3. The number of fused-ring (bicyclic) bond motifs is 1. The van der Waals surface area contributed by atoms with Gasteiger partial charge >= 0.3 is 0 Å². The van der Waals surface area contributed by atoms with E-state index in [0.29, 0.717) is 24.8 Å². The van der Waals surface area contributed by atoms with E-state index in [4.69, 9.17) is 9.72 Å². The fourth-order valence-corrected chi connectivity index (χ4v) is 5.15. The van der Waals surface area contributed by atoms with Gasteiger partial charge in [-0.25, -0.2) is 4.98 Å². The van der Waals surface area contributed by atoms with Crippen molar-refractivity contribution in [2.24, 2.45) is 5.92 Å². The summed E-state index contributed by atoms with van der Waals surface area (Å²) in [6.45, 7) is 5.84. The molecule has 8 heteroatoms. The summed E-state index contributed by atoms with van der Waals surface area (Å²) in [5.74, 6) is 0.780. The molecule has 2 atom stereocenters. The molecule has 4 aromatic rings. The molecule has 0 unspecified atom stereocenters. The number of ether oxygens (including phenoxy) is 1. The van der Waals surface area contributed by atoms with Crippen molar-refractivity contribution >= 4 is 10.9 Å². The van der Waals surface area contributed by atoms with Crippen LogP contribution in [0.3, 0.4) is 0 Å². The van der Waals surface area contributed by atoms with Gasteiger partial charge in [-0.15, -0.1) is 0 Å². The highest BCUT2D eigenvalue weighted by Gasteiger charge is 2.27. The third kappa shape index (κ3) is 4.35. The SMILES string of the molecule is Cc1c(Cc2ccc(-c3cnn(CC4CC4)c3)nc2)cc2c(=O)n([C@H]3CCOC[C@@H]3O)cnc2c1C.